The highest BCUT2D eigenvalue weighted by Gasteiger charge is 2.33. The standard InChI is InChI=1S/C17H29N3O2/c1-13(15-9-6-10-18-15)19(5)12-14-8-7-11-20(14)16(21)22-17(2,3)4/h6,9-10,13-14,18H,7-8,11-12H2,1-5H3/t13-,14-/m0/s1. The Kier molecular flexibility index (Phi) is 5.16. The molecule has 1 aromatic heterocycles. The summed E-state index contributed by atoms with van der Waals surface area (Å²) in [4.78, 5) is 19.8. The molecule has 0 aromatic carbocycles. The van der Waals surface area contributed by atoms with E-state index >= 15 is 0 Å². The minimum Gasteiger partial charge on any atom is -0.444 e. The van der Waals surface area contributed by atoms with Crippen molar-refractivity contribution >= 4 is 6.09 Å². The number of aromatic nitrogens is 1. The van der Waals surface area contributed by atoms with Crippen LogP contribution < -0.4 is 0 Å². The van der Waals surface area contributed by atoms with Crippen LogP contribution in [0, 0.1) is 0 Å². The lowest BCUT2D eigenvalue weighted by molar-refractivity contribution is 0.0193. The molecule has 1 saturated heterocycles. The van der Waals surface area contributed by atoms with Crippen LogP contribution in [0.3, 0.4) is 0 Å². The van der Waals surface area contributed by atoms with Crippen molar-refractivity contribution in [3.63, 3.8) is 0 Å². The summed E-state index contributed by atoms with van der Waals surface area (Å²) in [6.45, 7) is 9.57. The van der Waals surface area contributed by atoms with Gasteiger partial charge in [0.25, 0.3) is 0 Å². The number of ether oxygens (including phenoxy) is 1. The van der Waals surface area contributed by atoms with Gasteiger partial charge in [-0.25, -0.2) is 4.79 Å². The maximum Gasteiger partial charge on any atom is 0.410 e. The van der Waals surface area contributed by atoms with E-state index in [1.807, 2.05) is 37.9 Å². The van der Waals surface area contributed by atoms with Crippen LogP contribution in [0.25, 0.3) is 0 Å². The Morgan fingerprint density at radius 3 is 2.86 bits per heavy atom. The molecule has 0 saturated carbocycles. The molecule has 1 aromatic rings. The first-order valence-corrected chi connectivity index (χ1v) is 8.11. The van der Waals surface area contributed by atoms with Crippen molar-refractivity contribution in [1.82, 2.24) is 14.8 Å². The third-order valence-corrected chi connectivity index (χ3v) is 4.24. The zero-order valence-corrected chi connectivity index (χ0v) is 14.4. The Hall–Kier alpha value is -1.49. The number of likely N-dealkylation sites (N-methyl/N-ethyl adjacent to an activating group) is 1. The van der Waals surface area contributed by atoms with Gasteiger partial charge in [0, 0.05) is 37.1 Å². The fourth-order valence-electron chi connectivity index (χ4n) is 2.92. The Balaban J connectivity index is 1.94. The van der Waals surface area contributed by atoms with Gasteiger partial charge in [-0.1, -0.05) is 0 Å². The number of carbonyl (C=O) groups is 1. The number of carbonyl (C=O) groups excluding carboxylic acids is 1. The monoisotopic (exact) mass is 307 g/mol. The number of H-pyrrole nitrogens is 1. The second-order valence-electron chi connectivity index (χ2n) is 7.21. The highest BCUT2D eigenvalue weighted by molar-refractivity contribution is 5.69. The molecule has 5 nitrogen and oxygen atoms in total. The van der Waals surface area contributed by atoms with Crippen LogP contribution in [0.5, 0.6) is 0 Å². The molecule has 2 rings (SSSR count). The third kappa shape index (κ3) is 4.26. The second-order valence-corrected chi connectivity index (χ2v) is 7.21. The van der Waals surface area contributed by atoms with E-state index in [0.717, 1.165) is 25.9 Å². The maximum atomic E-state index is 12.3. The van der Waals surface area contributed by atoms with Crippen molar-refractivity contribution in [1.29, 1.82) is 0 Å². The van der Waals surface area contributed by atoms with Crippen LogP contribution in [0.4, 0.5) is 4.79 Å². The predicted octanol–water partition coefficient (Wildman–Crippen LogP) is 3.41. The SMILES string of the molecule is C[C@@H](c1ccc[nH]1)N(C)C[C@@H]1CCCN1C(=O)OC(C)(C)C. The van der Waals surface area contributed by atoms with E-state index in [1.54, 1.807) is 0 Å². The average molecular weight is 307 g/mol. The fraction of sp³-hybridized carbons (Fsp3) is 0.706. The largest absolute Gasteiger partial charge is 0.444 e. The van der Waals surface area contributed by atoms with Gasteiger partial charge in [-0.2, -0.15) is 0 Å². The Morgan fingerprint density at radius 1 is 1.55 bits per heavy atom. The van der Waals surface area contributed by atoms with Crippen molar-refractivity contribution in [3.8, 4) is 0 Å². The number of nitrogens with one attached hydrogen (secondary N) is 1. The van der Waals surface area contributed by atoms with Crippen LogP contribution in [-0.2, 0) is 4.74 Å². The average Bonchev–Trinajstić information content (AvgIpc) is 3.06. The highest BCUT2D eigenvalue weighted by atomic mass is 16.6. The van der Waals surface area contributed by atoms with Gasteiger partial charge in [0.2, 0.25) is 0 Å². The van der Waals surface area contributed by atoms with Gasteiger partial charge < -0.3 is 14.6 Å². The summed E-state index contributed by atoms with van der Waals surface area (Å²) in [5.74, 6) is 0. The van der Waals surface area contributed by atoms with Crippen molar-refractivity contribution in [2.45, 2.75) is 58.2 Å². The van der Waals surface area contributed by atoms with Crippen LogP contribution >= 0.6 is 0 Å². The molecule has 5 heteroatoms. The number of nitrogens with zero attached hydrogens (tertiary/aromatic N) is 2. The van der Waals surface area contributed by atoms with E-state index in [0.29, 0.717) is 6.04 Å². The number of aromatic amines is 1. The van der Waals surface area contributed by atoms with E-state index < -0.39 is 5.60 Å². The molecule has 1 aliphatic heterocycles. The number of hydrogen-bond acceptors (Lipinski definition) is 3. The smallest absolute Gasteiger partial charge is 0.410 e. The number of hydrogen-bond donors (Lipinski definition) is 1. The van der Waals surface area contributed by atoms with Gasteiger partial charge >= 0.3 is 6.09 Å². The molecule has 0 spiro atoms. The predicted molar refractivity (Wildman–Crippen MR) is 87.8 cm³/mol. The molecule has 0 aliphatic carbocycles. The molecule has 1 amide bonds. The summed E-state index contributed by atoms with van der Waals surface area (Å²) in [6, 6.07) is 4.65. The normalized spacial score (nSPS) is 20.5. The fourth-order valence-corrected chi connectivity index (χ4v) is 2.92. The van der Waals surface area contributed by atoms with Crippen molar-refractivity contribution < 1.29 is 9.53 Å². The summed E-state index contributed by atoms with van der Waals surface area (Å²) in [5.41, 5.74) is 0.762. The number of amides is 1. The van der Waals surface area contributed by atoms with Crippen molar-refractivity contribution in [2.75, 3.05) is 20.1 Å². The van der Waals surface area contributed by atoms with Crippen LogP contribution in [0.1, 0.15) is 52.3 Å². The molecule has 0 unspecified atom stereocenters. The molecule has 0 radical (unpaired) electrons. The minimum absolute atomic E-state index is 0.184. The highest BCUT2D eigenvalue weighted by Crippen LogP contribution is 2.24. The van der Waals surface area contributed by atoms with Gasteiger partial charge in [0.15, 0.2) is 0 Å². The molecule has 1 N–H and O–H groups in total. The number of likely N-dealkylation sites (tertiary alicyclic amines) is 1. The first kappa shape index (κ1) is 16.9. The Morgan fingerprint density at radius 2 is 2.27 bits per heavy atom. The summed E-state index contributed by atoms with van der Waals surface area (Å²) in [5, 5.41) is 0. The van der Waals surface area contributed by atoms with Gasteiger partial charge in [0.05, 0.1) is 0 Å². The van der Waals surface area contributed by atoms with Crippen molar-refractivity contribution in [3.05, 3.63) is 24.0 Å². The van der Waals surface area contributed by atoms with E-state index in [2.05, 4.69) is 29.9 Å². The molecule has 2 heterocycles. The quantitative estimate of drug-likeness (QED) is 0.927. The molecule has 124 valence electrons. The van der Waals surface area contributed by atoms with Crippen LogP contribution in [-0.4, -0.2) is 52.7 Å². The lowest BCUT2D eigenvalue weighted by atomic mass is 10.1. The lowest BCUT2D eigenvalue weighted by Crippen LogP contribution is -2.44. The third-order valence-electron chi connectivity index (χ3n) is 4.24. The summed E-state index contributed by atoms with van der Waals surface area (Å²) < 4.78 is 5.53. The Bertz CT molecular complexity index is 479. The molecular formula is C17H29N3O2. The molecule has 1 fully saturated rings. The van der Waals surface area contributed by atoms with Gasteiger partial charge in [-0.15, -0.1) is 0 Å². The first-order chi connectivity index (χ1) is 10.3. The lowest BCUT2D eigenvalue weighted by Gasteiger charge is -2.32. The van der Waals surface area contributed by atoms with E-state index in [1.165, 1.54) is 5.69 Å². The Labute approximate surface area is 133 Å². The topological polar surface area (TPSA) is 48.6 Å². The second kappa shape index (κ2) is 6.73. The van der Waals surface area contributed by atoms with E-state index in [4.69, 9.17) is 4.74 Å². The van der Waals surface area contributed by atoms with E-state index in [9.17, 15) is 4.79 Å². The summed E-state index contributed by atoms with van der Waals surface area (Å²) in [7, 11) is 2.11. The zero-order valence-electron chi connectivity index (χ0n) is 14.4. The zero-order chi connectivity index (χ0) is 16.3. The molecule has 0 bridgehead atoms. The van der Waals surface area contributed by atoms with Crippen LogP contribution in [0.15, 0.2) is 18.3 Å². The van der Waals surface area contributed by atoms with Crippen LogP contribution in [0.2, 0.25) is 0 Å². The summed E-state index contributed by atoms with van der Waals surface area (Å²) in [6.07, 6.45) is 3.86. The van der Waals surface area contributed by atoms with Crippen molar-refractivity contribution in [2.24, 2.45) is 0 Å². The van der Waals surface area contributed by atoms with Gasteiger partial charge in [-0.3, -0.25) is 4.90 Å². The number of rotatable bonds is 4. The molecule has 1 aliphatic rings. The first-order valence-electron chi connectivity index (χ1n) is 8.11. The van der Waals surface area contributed by atoms with Gasteiger partial charge in [0.1, 0.15) is 5.60 Å². The molecular weight excluding hydrogens is 278 g/mol. The molecule has 22 heavy (non-hydrogen) atoms. The minimum atomic E-state index is -0.437. The van der Waals surface area contributed by atoms with E-state index in [-0.39, 0.29) is 12.1 Å². The maximum absolute atomic E-state index is 12.3. The molecule has 2 atom stereocenters. The van der Waals surface area contributed by atoms with Gasteiger partial charge in [-0.05, 0) is 59.7 Å². The summed E-state index contributed by atoms with van der Waals surface area (Å²) >= 11 is 0.